The molecule has 1 aromatic rings. The summed E-state index contributed by atoms with van der Waals surface area (Å²) in [4.78, 5) is 26.1. The maximum Gasteiger partial charge on any atom is 0.286 e. The Kier molecular flexibility index (Phi) is 3.74. The van der Waals surface area contributed by atoms with Gasteiger partial charge in [0.05, 0.1) is 6.26 Å². The van der Waals surface area contributed by atoms with E-state index in [1.54, 1.807) is 12.1 Å². The molecule has 114 valence electrons. The number of nitrogens with zero attached hydrogens (tertiary/aromatic N) is 1. The second kappa shape index (κ2) is 5.54. The zero-order valence-electron chi connectivity index (χ0n) is 12.4. The summed E-state index contributed by atoms with van der Waals surface area (Å²) in [5.74, 6) is 0.442. The van der Waals surface area contributed by atoms with E-state index >= 15 is 0 Å². The lowest BCUT2D eigenvalue weighted by Crippen LogP contribution is -2.55. The third-order valence-electron chi connectivity index (χ3n) is 5.08. The van der Waals surface area contributed by atoms with Gasteiger partial charge in [-0.1, -0.05) is 6.42 Å². The molecular formula is C16H22N2O3. The van der Waals surface area contributed by atoms with Crippen molar-refractivity contribution in [2.75, 3.05) is 13.1 Å². The molecule has 0 spiro atoms. The Morgan fingerprint density at radius 1 is 1.52 bits per heavy atom. The summed E-state index contributed by atoms with van der Waals surface area (Å²) in [6, 6.07) is 3.66. The smallest absolute Gasteiger partial charge is 0.286 e. The van der Waals surface area contributed by atoms with E-state index in [1.165, 1.54) is 6.26 Å². The first-order chi connectivity index (χ1) is 10.2. The lowest BCUT2D eigenvalue weighted by atomic mass is 9.74. The Morgan fingerprint density at radius 2 is 2.38 bits per heavy atom. The van der Waals surface area contributed by atoms with Gasteiger partial charge in [-0.25, -0.2) is 0 Å². The number of hydrogen-bond acceptors (Lipinski definition) is 3. The van der Waals surface area contributed by atoms with Gasteiger partial charge in [0.2, 0.25) is 5.91 Å². The summed E-state index contributed by atoms with van der Waals surface area (Å²) >= 11 is 0. The zero-order chi connectivity index (χ0) is 14.9. The van der Waals surface area contributed by atoms with Crippen LogP contribution in [0.4, 0.5) is 0 Å². The fourth-order valence-corrected chi connectivity index (χ4v) is 4.01. The van der Waals surface area contributed by atoms with Crippen LogP contribution >= 0.6 is 0 Å². The first kappa shape index (κ1) is 14.2. The minimum absolute atomic E-state index is 0.0478. The number of carbonyl (C=O) groups excluding carboxylic acids is 2. The predicted octanol–water partition coefficient (Wildman–Crippen LogP) is 2.19. The van der Waals surface area contributed by atoms with Gasteiger partial charge in [-0.2, -0.15) is 0 Å². The van der Waals surface area contributed by atoms with Crippen molar-refractivity contribution in [3.8, 4) is 0 Å². The minimum atomic E-state index is -0.167. The molecule has 1 aromatic heterocycles. The SMILES string of the molecule is CCN1C(=O)CC[C@]2(CNC(=O)c3ccco3)CCC[C@@H]12. The van der Waals surface area contributed by atoms with Crippen molar-refractivity contribution in [2.45, 2.75) is 45.1 Å². The van der Waals surface area contributed by atoms with Gasteiger partial charge in [0.25, 0.3) is 5.91 Å². The lowest BCUT2D eigenvalue weighted by Gasteiger charge is -2.46. The quantitative estimate of drug-likeness (QED) is 0.924. The number of furan rings is 1. The molecule has 0 unspecified atom stereocenters. The van der Waals surface area contributed by atoms with Crippen molar-refractivity contribution in [1.82, 2.24) is 10.2 Å². The number of amides is 2. The maximum atomic E-state index is 12.1. The van der Waals surface area contributed by atoms with Crippen LogP contribution in [0.25, 0.3) is 0 Å². The van der Waals surface area contributed by atoms with Crippen LogP contribution in [0, 0.1) is 5.41 Å². The van der Waals surface area contributed by atoms with Crippen LogP contribution in [-0.4, -0.2) is 35.8 Å². The molecule has 21 heavy (non-hydrogen) atoms. The van der Waals surface area contributed by atoms with E-state index in [1.807, 2.05) is 11.8 Å². The number of likely N-dealkylation sites (tertiary alicyclic amines) is 1. The minimum Gasteiger partial charge on any atom is -0.459 e. The molecule has 2 heterocycles. The molecule has 2 fully saturated rings. The number of hydrogen-bond donors (Lipinski definition) is 1. The Hall–Kier alpha value is -1.78. The molecule has 2 amide bonds. The molecule has 0 bridgehead atoms. The van der Waals surface area contributed by atoms with Crippen molar-refractivity contribution in [1.29, 1.82) is 0 Å². The Bertz CT molecular complexity index is 526. The van der Waals surface area contributed by atoms with Crippen LogP contribution in [0.3, 0.4) is 0 Å². The van der Waals surface area contributed by atoms with Gasteiger partial charge in [-0.15, -0.1) is 0 Å². The standard InChI is InChI=1S/C16H22N2O3/c1-2-18-13-6-3-8-16(13,9-7-14(18)19)11-17-15(20)12-5-4-10-21-12/h4-5,10,13H,2-3,6-9,11H2,1H3,(H,17,20)/t13-,16+/m1/s1. The Balaban J connectivity index is 1.71. The van der Waals surface area contributed by atoms with Crippen LogP contribution in [0.1, 0.15) is 49.6 Å². The second-order valence-corrected chi connectivity index (χ2v) is 6.11. The highest BCUT2D eigenvalue weighted by atomic mass is 16.3. The van der Waals surface area contributed by atoms with Crippen molar-refractivity contribution in [3.05, 3.63) is 24.2 Å². The van der Waals surface area contributed by atoms with Gasteiger partial charge >= 0.3 is 0 Å². The number of carbonyl (C=O) groups is 2. The average molecular weight is 290 g/mol. The molecule has 3 rings (SSSR count). The van der Waals surface area contributed by atoms with Gasteiger partial charge in [0, 0.05) is 31.0 Å². The van der Waals surface area contributed by atoms with Crippen molar-refractivity contribution in [3.63, 3.8) is 0 Å². The third kappa shape index (κ3) is 2.45. The average Bonchev–Trinajstić information content (AvgIpc) is 3.15. The Morgan fingerprint density at radius 3 is 3.10 bits per heavy atom. The molecule has 1 aliphatic carbocycles. The molecule has 0 aromatic carbocycles. The second-order valence-electron chi connectivity index (χ2n) is 6.11. The van der Waals surface area contributed by atoms with Crippen molar-refractivity contribution >= 4 is 11.8 Å². The van der Waals surface area contributed by atoms with Gasteiger partial charge < -0.3 is 14.6 Å². The van der Waals surface area contributed by atoms with E-state index in [2.05, 4.69) is 5.32 Å². The number of nitrogens with one attached hydrogen (secondary N) is 1. The first-order valence-electron chi connectivity index (χ1n) is 7.77. The fourth-order valence-electron chi connectivity index (χ4n) is 4.01. The Labute approximate surface area is 124 Å². The van der Waals surface area contributed by atoms with Crippen molar-refractivity contribution in [2.24, 2.45) is 5.41 Å². The predicted molar refractivity (Wildman–Crippen MR) is 77.7 cm³/mol. The van der Waals surface area contributed by atoms with E-state index in [0.29, 0.717) is 18.7 Å². The molecule has 1 aliphatic heterocycles. The summed E-state index contributed by atoms with van der Waals surface area (Å²) in [6.07, 6.45) is 6.25. The van der Waals surface area contributed by atoms with Gasteiger partial charge in [0.15, 0.2) is 5.76 Å². The molecule has 0 radical (unpaired) electrons. The van der Waals surface area contributed by atoms with Crippen LogP contribution in [0.2, 0.25) is 0 Å². The van der Waals surface area contributed by atoms with E-state index < -0.39 is 0 Å². The van der Waals surface area contributed by atoms with Crippen LogP contribution in [-0.2, 0) is 4.79 Å². The topological polar surface area (TPSA) is 62.6 Å². The molecule has 2 aliphatic rings. The third-order valence-corrected chi connectivity index (χ3v) is 5.08. The number of piperidine rings is 1. The van der Waals surface area contributed by atoms with E-state index in [4.69, 9.17) is 4.42 Å². The number of rotatable bonds is 4. The molecule has 2 atom stereocenters. The highest BCUT2D eigenvalue weighted by Gasteiger charge is 2.49. The lowest BCUT2D eigenvalue weighted by molar-refractivity contribution is -0.141. The molecule has 1 saturated carbocycles. The van der Waals surface area contributed by atoms with Gasteiger partial charge in [-0.3, -0.25) is 9.59 Å². The molecule has 1 saturated heterocycles. The summed E-state index contributed by atoms with van der Waals surface area (Å²) in [5, 5.41) is 3.01. The van der Waals surface area contributed by atoms with E-state index in [9.17, 15) is 9.59 Å². The number of fused-ring (bicyclic) bond motifs is 1. The summed E-state index contributed by atoms with van der Waals surface area (Å²) in [6.45, 7) is 3.42. The van der Waals surface area contributed by atoms with Gasteiger partial charge in [-0.05, 0) is 38.3 Å². The largest absolute Gasteiger partial charge is 0.459 e. The molecular weight excluding hydrogens is 268 g/mol. The fraction of sp³-hybridized carbons (Fsp3) is 0.625. The molecule has 5 nitrogen and oxygen atoms in total. The molecule has 1 N–H and O–H groups in total. The highest BCUT2D eigenvalue weighted by Crippen LogP contribution is 2.47. The highest BCUT2D eigenvalue weighted by molar-refractivity contribution is 5.91. The van der Waals surface area contributed by atoms with Crippen molar-refractivity contribution < 1.29 is 14.0 Å². The zero-order valence-corrected chi connectivity index (χ0v) is 12.4. The van der Waals surface area contributed by atoms with E-state index in [0.717, 1.165) is 32.2 Å². The molecule has 5 heteroatoms. The summed E-state index contributed by atoms with van der Waals surface area (Å²) in [7, 11) is 0. The van der Waals surface area contributed by atoms with Crippen LogP contribution in [0.15, 0.2) is 22.8 Å². The van der Waals surface area contributed by atoms with E-state index in [-0.39, 0.29) is 23.3 Å². The monoisotopic (exact) mass is 290 g/mol. The summed E-state index contributed by atoms with van der Waals surface area (Å²) in [5.41, 5.74) is 0.0478. The normalized spacial score (nSPS) is 28.5. The van der Waals surface area contributed by atoms with Gasteiger partial charge in [0.1, 0.15) is 0 Å². The summed E-state index contributed by atoms with van der Waals surface area (Å²) < 4.78 is 5.13. The van der Waals surface area contributed by atoms with Crippen LogP contribution < -0.4 is 5.32 Å². The first-order valence-corrected chi connectivity index (χ1v) is 7.77. The van der Waals surface area contributed by atoms with Crippen LogP contribution in [0.5, 0.6) is 0 Å². The maximum absolute atomic E-state index is 12.1.